The van der Waals surface area contributed by atoms with E-state index in [1.54, 1.807) is 37.3 Å². The summed E-state index contributed by atoms with van der Waals surface area (Å²) in [5.74, 6) is -2.23. The van der Waals surface area contributed by atoms with E-state index < -0.39 is 23.2 Å². The normalized spacial score (nSPS) is 11.3. The van der Waals surface area contributed by atoms with E-state index in [1.165, 1.54) is 35.6 Å². The molecule has 3 aromatic heterocycles. The van der Waals surface area contributed by atoms with Crippen molar-refractivity contribution in [2.24, 2.45) is 0 Å². The number of nitrogens with zero attached hydrogens (tertiary/aromatic N) is 2. The molecule has 5 aromatic rings. The summed E-state index contributed by atoms with van der Waals surface area (Å²) in [6, 6.07) is 13.9. The van der Waals surface area contributed by atoms with Crippen LogP contribution in [0.5, 0.6) is 11.6 Å². The van der Waals surface area contributed by atoms with Crippen LogP contribution in [0.25, 0.3) is 26.6 Å². The van der Waals surface area contributed by atoms with E-state index in [-0.39, 0.29) is 27.7 Å². The minimum absolute atomic E-state index is 0.00650. The molecule has 160 valence electrons. The summed E-state index contributed by atoms with van der Waals surface area (Å²) in [5.41, 5.74) is 0.268. The Bertz CT molecular complexity index is 1520. The average Bonchev–Trinajstić information content (AvgIpc) is 3.44. The van der Waals surface area contributed by atoms with Gasteiger partial charge in [0.2, 0.25) is 11.7 Å². The Hall–Kier alpha value is -3.62. The van der Waals surface area contributed by atoms with Crippen LogP contribution in [0, 0.1) is 12.7 Å². The summed E-state index contributed by atoms with van der Waals surface area (Å²) in [6.45, 7) is 1.67. The van der Waals surface area contributed by atoms with Gasteiger partial charge in [-0.15, -0.1) is 0 Å². The van der Waals surface area contributed by atoms with Gasteiger partial charge < -0.3 is 14.6 Å². The molecule has 3 heterocycles. The van der Waals surface area contributed by atoms with Gasteiger partial charge in [-0.05, 0) is 49.4 Å². The molecule has 5 rings (SSSR count). The number of fused-ring (bicyclic) bond motifs is 1. The van der Waals surface area contributed by atoms with Crippen molar-refractivity contribution >= 4 is 38.9 Å². The molecular weight excluding hydrogens is 455 g/mol. The van der Waals surface area contributed by atoms with Crippen molar-refractivity contribution in [3.63, 3.8) is 0 Å². The summed E-state index contributed by atoms with van der Waals surface area (Å²) in [4.78, 5) is 17.8. The van der Waals surface area contributed by atoms with Crippen LogP contribution in [-0.4, -0.2) is 25.5 Å². The zero-order valence-electron chi connectivity index (χ0n) is 16.5. The highest BCUT2D eigenvalue weighted by Crippen LogP contribution is 2.46. The fraction of sp³-hybridized carbons (Fsp3) is 0.0435. The minimum Gasteiger partial charge on any atom is -0.503 e. The van der Waals surface area contributed by atoms with Crippen molar-refractivity contribution in [2.75, 3.05) is 0 Å². The maximum atomic E-state index is 14.9. The van der Waals surface area contributed by atoms with Crippen molar-refractivity contribution in [3.8, 4) is 28.0 Å². The quantitative estimate of drug-likeness (QED) is 0.311. The minimum atomic E-state index is -0.702. The van der Waals surface area contributed by atoms with E-state index in [2.05, 4.69) is 4.98 Å². The molecule has 0 aliphatic rings. The third kappa shape index (κ3) is 3.16. The van der Waals surface area contributed by atoms with Gasteiger partial charge in [0.05, 0.1) is 21.5 Å². The van der Waals surface area contributed by atoms with Crippen LogP contribution >= 0.6 is 22.9 Å². The molecule has 0 saturated heterocycles. The predicted octanol–water partition coefficient (Wildman–Crippen LogP) is 6.09. The van der Waals surface area contributed by atoms with Gasteiger partial charge in [0, 0.05) is 10.6 Å². The lowest BCUT2D eigenvalue weighted by molar-refractivity contribution is 0.101. The van der Waals surface area contributed by atoms with Crippen LogP contribution in [0.1, 0.15) is 21.9 Å². The molecule has 6 nitrogen and oxygen atoms in total. The number of aromatic hydroxyl groups is 2. The van der Waals surface area contributed by atoms with E-state index in [9.17, 15) is 19.4 Å². The van der Waals surface area contributed by atoms with Crippen LogP contribution in [0.2, 0.25) is 5.02 Å². The van der Waals surface area contributed by atoms with Crippen molar-refractivity contribution in [2.45, 2.75) is 6.92 Å². The molecular formula is C23H14ClFN2O4S. The number of hydrogen-bond donors (Lipinski definition) is 2. The van der Waals surface area contributed by atoms with Gasteiger partial charge in [0.15, 0.2) is 16.6 Å². The summed E-state index contributed by atoms with van der Waals surface area (Å²) >= 11 is 7.24. The number of rotatable bonds is 4. The molecule has 0 bridgehead atoms. The fourth-order valence-electron chi connectivity index (χ4n) is 3.52. The molecule has 2 aromatic carbocycles. The average molecular weight is 469 g/mol. The number of hydrogen-bond acceptors (Lipinski definition) is 6. The SMILES string of the molecule is Cc1ccc(C(=O)c2c(O)c(O)n(-c3nc4ccc(Cl)cc4s3)c2-c2ccccc2F)o1. The number of thiazole rings is 1. The molecule has 0 amide bonds. The molecule has 0 fully saturated rings. The largest absolute Gasteiger partial charge is 0.503 e. The summed E-state index contributed by atoms with van der Waals surface area (Å²) < 4.78 is 22.2. The van der Waals surface area contributed by atoms with E-state index in [0.29, 0.717) is 21.0 Å². The van der Waals surface area contributed by atoms with Gasteiger partial charge in [-0.1, -0.05) is 35.1 Å². The van der Waals surface area contributed by atoms with E-state index >= 15 is 0 Å². The Morgan fingerprint density at radius 1 is 1.16 bits per heavy atom. The summed E-state index contributed by atoms with van der Waals surface area (Å²) in [7, 11) is 0. The molecule has 32 heavy (non-hydrogen) atoms. The van der Waals surface area contributed by atoms with E-state index in [0.717, 1.165) is 4.57 Å². The maximum Gasteiger partial charge on any atom is 0.242 e. The number of aromatic nitrogens is 2. The number of aryl methyl sites for hydroxylation is 1. The van der Waals surface area contributed by atoms with Gasteiger partial charge in [-0.2, -0.15) is 0 Å². The Labute approximate surface area is 189 Å². The van der Waals surface area contributed by atoms with E-state index in [1.807, 2.05) is 0 Å². The number of ketones is 1. The maximum absolute atomic E-state index is 14.9. The van der Waals surface area contributed by atoms with Gasteiger partial charge in [0.1, 0.15) is 11.6 Å². The monoisotopic (exact) mass is 468 g/mol. The lowest BCUT2D eigenvalue weighted by atomic mass is 10.0. The van der Waals surface area contributed by atoms with Crippen LogP contribution in [0.4, 0.5) is 4.39 Å². The van der Waals surface area contributed by atoms with Crippen LogP contribution in [0.3, 0.4) is 0 Å². The Kier molecular flexibility index (Phi) is 4.76. The zero-order valence-corrected chi connectivity index (χ0v) is 18.0. The Morgan fingerprint density at radius 3 is 2.66 bits per heavy atom. The molecule has 0 aliphatic heterocycles. The van der Waals surface area contributed by atoms with Gasteiger partial charge in [0.25, 0.3) is 0 Å². The molecule has 0 spiro atoms. The highest BCUT2D eigenvalue weighted by atomic mass is 35.5. The first kappa shape index (κ1) is 20.3. The molecule has 9 heteroatoms. The highest BCUT2D eigenvalue weighted by Gasteiger charge is 2.33. The number of carbonyl (C=O) groups excluding carboxylic acids is 1. The third-order valence-electron chi connectivity index (χ3n) is 4.97. The molecule has 0 atom stereocenters. The standard InChI is InChI=1S/C23H14ClFN2O4S/c1-11-6-9-16(31-11)20(28)18-19(13-4-2-3-5-14(13)25)27(22(30)21(18)29)23-26-15-8-7-12(24)10-17(15)32-23/h2-10,29-30H,1H3. The lowest BCUT2D eigenvalue weighted by Crippen LogP contribution is -2.05. The molecule has 0 radical (unpaired) electrons. The van der Waals surface area contributed by atoms with Crippen molar-refractivity contribution < 1.29 is 23.8 Å². The molecule has 2 N–H and O–H groups in total. The topological polar surface area (TPSA) is 88.5 Å². The molecule has 0 aliphatic carbocycles. The first-order valence-corrected chi connectivity index (χ1v) is 10.6. The highest BCUT2D eigenvalue weighted by molar-refractivity contribution is 7.20. The van der Waals surface area contributed by atoms with Crippen LogP contribution < -0.4 is 0 Å². The first-order chi connectivity index (χ1) is 15.3. The predicted molar refractivity (Wildman–Crippen MR) is 120 cm³/mol. The number of halogens is 2. The van der Waals surface area contributed by atoms with Gasteiger partial charge in [-0.3, -0.25) is 9.36 Å². The summed E-state index contributed by atoms with van der Waals surface area (Å²) in [6.07, 6.45) is 0. The zero-order chi connectivity index (χ0) is 22.6. The second kappa shape index (κ2) is 7.51. The van der Waals surface area contributed by atoms with Crippen LogP contribution in [0.15, 0.2) is 59.0 Å². The van der Waals surface area contributed by atoms with E-state index in [4.69, 9.17) is 16.0 Å². The smallest absolute Gasteiger partial charge is 0.242 e. The van der Waals surface area contributed by atoms with Crippen LogP contribution in [-0.2, 0) is 0 Å². The van der Waals surface area contributed by atoms with Gasteiger partial charge in [-0.25, -0.2) is 9.37 Å². The van der Waals surface area contributed by atoms with Crippen molar-refractivity contribution in [1.82, 2.24) is 9.55 Å². The fourth-order valence-corrected chi connectivity index (χ4v) is 4.77. The number of carbonyl (C=O) groups is 1. The second-order valence-electron chi connectivity index (χ2n) is 7.06. The second-order valence-corrected chi connectivity index (χ2v) is 8.50. The molecule has 0 unspecified atom stereocenters. The number of benzene rings is 2. The first-order valence-electron chi connectivity index (χ1n) is 9.44. The number of furan rings is 1. The van der Waals surface area contributed by atoms with Crippen molar-refractivity contribution in [1.29, 1.82) is 0 Å². The summed E-state index contributed by atoms with van der Waals surface area (Å²) in [5, 5.41) is 22.3. The van der Waals surface area contributed by atoms with Crippen molar-refractivity contribution in [3.05, 3.63) is 82.5 Å². The molecule has 0 saturated carbocycles. The van der Waals surface area contributed by atoms with Gasteiger partial charge >= 0.3 is 0 Å². The Morgan fingerprint density at radius 2 is 1.94 bits per heavy atom. The Balaban J connectivity index is 1.84. The third-order valence-corrected chi connectivity index (χ3v) is 6.21. The lowest BCUT2D eigenvalue weighted by Gasteiger charge is -2.09.